The Hall–Kier alpha value is -2.48. The highest BCUT2D eigenvalue weighted by molar-refractivity contribution is 5.93. The molecule has 0 amide bonds. The zero-order valence-electron chi connectivity index (χ0n) is 12.5. The number of carbonyl (C=O) groups is 1. The van der Waals surface area contributed by atoms with E-state index in [1.165, 1.54) is 10.6 Å². The third-order valence-electron chi connectivity index (χ3n) is 3.42. The molecule has 3 N–H and O–H groups in total. The Morgan fingerprint density at radius 1 is 1.35 bits per heavy atom. The minimum Gasteiger partial charge on any atom is -0.477 e. The third-order valence-corrected chi connectivity index (χ3v) is 3.42. The predicted molar refractivity (Wildman–Crippen MR) is 83.5 cm³/mol. The van der Waals surface area contributed by atoms with Crippen LogP contribution in [0.2, 0.25) is 0 Å². The maximum atomic E-state index is 14.1. The molecule has 0 saturated carbocycles. The molecule has 1 heterocycles. The van der Waals surface area contributed by atoms with Crippen LogP contribution in [0, 0.1) is 5.82 Å². The number of carboxylic acids is 1. The van der Waals surface area contributed by atoms with Gasteiger partial charge in [-0.1, -0.05) is 0 Å². The van der Waals surface area contributed by atoms with Crippen LogP contribution in [0.15, 0.2) is 23.1 Å². The molecule has 1 aromatic carbocycles. The highest BCUT2D eigenvalue weighted by atomic mass is 19.1. The molecule has 6 nitrogen and oxygen atoms in total. The summed E-state index contributed by atoms with van der Waals surface area (Å²) in [7, 11) is 1.75. The number of nitrogens with one attached hydrogen (secondary N) is 2. The summed E-state index contributed by atoms with van der Waals surface area (Å²) in [6, 6.07) is 2.38. The van der Waals surface area contributed by atoms with Gasteiger partial charge >= 0.3 is 5.97 Å². The first kappa shape index (κ1) is 16.9. The smallest absolute Gasteiger partial charge is 0.341 e. The zero-order chi connectivity index (χ0) is 17.0. The molecule has 0 bridgehead atoms. The topological polar surface area (TPSA) is 83.4 Å². The number of aromatic nitrogens is 1. The van der Waals surface area contributed by atoms with Crippen molar-refractivity contribution in [3.05, 3.63) is 39.9 Å². The lowest BCUT2D eigenvalue weighted by molar-refractivity contribution is 0.0694. The van der Waals surface area contributed by atoms with Gasteiger partial charge in [0.2, 0.25) is 5.43 Å². The van der Waals surface area contributed by atoms with Crippen LogP contribution >= 0.6 is 0 Å². The molecule has 0 unspecified atom stereocenters. The molecule has 0 aliphatic rings. The first-order valence-corrected chi connectivity index (χ1v) is 7.04. The number of carboxylic acid groups (broad SMARTS) is 1. The lowest BCUT2D eigenvalue weighted by atomic mass is 10.1. The summed E-state index contributed by atoms with van der Waals surface area (Å²) < 4.78 is 28.2. The molecule has 23 heavy (non-hydrogen) atoms. The van der Waals surface area contributed by atoms with Gasteiger partial charge in [0.05, 0.1) is 17.7 Å². The van der Waals surface area contributed by atoms with Crippen LogP contribution in [0.3, 0.4) is 0 Å². The predicted octanol–water partition coefficient (Wildman–Crippen LogP) is 1.44. The lowest BCUT2D eigenvalue weighted by Crippen LogP contribution is -2.21. The molecule has 0 aliphatic carbocycles. The molecular formula is C15H17F2N3O3. The van der Waals surface area contributed by atoms with Crippen molar-refractivity contribution in [3.8, 4) is 0 Å². The number of aromatic carboxylic acids is 1. The van der Waals surface area contributed by atoms with Crippen molar-refractivity contribution in [1.29, 1.82) is 0 Å². The van der Waals surface area contributed by atoms with Crippen molar-refractivity contribution in [2.75, 3.05) is 32.1 Å². The number of halogens is 2. The van der Waals surface area contributed by atoms with Crippen molar-refractivity contribution in [2.24, 2.45) is 0 Å². The molecule has 8 heteroatoms. The number of benzene rings is 1. The van der Waals surface area contributed by atoms with Gasteiger partial charge in [-0.15, -0.1) is 0 Å². The van der Waals surface area contributed by atoms with E-state index in [1.54, 1.807) is 7.05 Å². The number of pyridine rings is 1. The van der Waals surface area contributed by atoms with E-state index in [9.17, 15) is 18.4 Å². The van der Waals surface area contributed by atoms with Gasteiger partial charge in [0.15, 0.2) is 0 Å². The molecule has 2 aromatic rings. The molecule has 0 fully saturated rings. The average Bonchev–Trinajstić information content (AvgIpc) is 2.51. The number of likely N-dealkylation sites (N-methyl/N-ethyl adjacent to an activating group) is 1. The van der Waals surface area contributed by atoms with E-state index in [0.29, 0.717) is 13.1 Å². The molecule has 2 rings (SSSR count). The normalized spacial score (nSPS) is 10.9. The van der Waals surface area contributed by atoms with E-state index in [1.807, 2.05) is 0 Å². The van der Waals surface area contributed by atoms with E-state index in [2.05, 4.69) is 10.6 Å². The van der Waals surface area contributed by atoms with Gasteiger partial charge in [-0.25, -0.2) is 13.6 Å². The summed E-state index contributed by atoms with van der Waals surface area (Å²) in [6.07, 6.45) is 1.09. The summed E-state index contributed by atoms with van der Waals surface area (Å²) in [6.45, 7) is 0.196. The molecule has 0 spiro atoms. The Balaban J connectivity index is 2.64. The van der Waals surface area contributed by atoms with Gasteiger partial charge in [0, 0.05) is 24.7 Å². The Morgan fingerprint density at radius 3 is 2.70 bits per heavy atom. The first-order valence-electron chi connectivity index (χ1n) is 7.04. The van der Waals surface area contributed by atoms with Gasteiger partial charge in [-0.05, 0) is 19.2 Å². The number of rotatable bonds is 7. The van der Waals surface area contributed by atoms with Crippen LogP contribution in [-0.2, 0) is 6.54 Å². The monoisotopic (exact) mass is 325 g/mol. The fourth-order valence-corrected chi connectivity index (χ4v) is 2.30. The molecule has 0 saturated heterocycles. The van der Waals surface area contributed by atoms with E-state index < -0.39 is 29.5 Å². The Bertz CT molecular complexity index is 790. The number of fused-ring (bicyclic) bond motifs is 1. The fourth-order valence-electron chi connectivity index (χ4n) is 2.30. The van der Waals surface area contributed by atoms with Crippen molar-refractivity contribution >= 4 is 22.6 Å². The maximum absolute atomic E-state index is 14.1. The minimum atomic E-state index is -1.43. The second-order valence-electron chi connectivity index (χ2n) is 4.94. The first-order chi connectivity index (χ1) is 11.0. The number of hydrogen-bond donors (Lipinski definition) is 3. The molecule has 0 aliphatic heterocycles. The summed E-state index contributed by atoms with van der Waals surface area (Å²) >= 11 is 0. The van der Waals surface area contributed by atoms with Crippen molar-refractivity contribution < 1.29 is 18.7 Å². The van der Waals surface area contributed by atoms with Crippen LogP contribution in [0.5, 0.6) is 0 Å². The van der Waals surface area contributed by atoms with Crippen LogP contribution in [0.1, 0.15) is 10.4 Å². The number of anilines is 1. The molecule has 124 valence electrons. The van der Waals surface area contributed by atoms with E-state index >= 15 is 0 Å². The second-order valence-corrected chi connectivity index (χ2v) is 4.94. The molecule has 0 atom stereocenters. The van der Waals surface area contributed by atoms with Gasteiger partial charge in [0.1, 0.15) is 18.1 Å². The van der Waals surface area contributed by atoms with E-state index in [0.717, 1.165) is 12.3 Å². The highest BCUT2D eigenvalue weighted by Crippen LogP contribution is 2.22. The number of alkyl halides is 1. The largest absolute Gasteiger partial charge is 0.477 e. The van der Waals surface area contributed by atoms with Crippen molar-refractivity contribution in [2.45, 2.75) is 6.54 Å². The van der Waals surface area contributed by atoms with Gasteiger partial charge in [-0.2, -0.15) is 0 Å². The zero-order valence-corrected chi connectivity index (χ0v) is 12.5. The third kappa shape index (κ3) is 3.48. The van der Waals surface area contributed by atoms with Gasteiger partial charge < -0.3 is 20.3 Å². The van der Waals surface area contributed by atoms with Crippen molar-refractivity contribution in [1.82, 2.24) is 9.88 Å². The van der Waals surface area contributed by atoms with Crippen molar-refractivity contribution in [3.63, 3.8) is 0 Å². The Morgan fingerprint density at radius 2 is 2.09 bits per heavy atom. The van der Waals surface area contributed by atoms with E-state index in [4.69, 9.17) is 5.11 Å². The maximum Gasteiger partial charge on any atom is 0.341 e. The van der Waals surface area contributed by atoms with E-state index in [-0.39, 0.29) is 23.1 Å². The summed E-state index contributed by atoms with van der Waals surface area (Å²) in [5.74, 6) is -2.10. The second kappa shape index (κ2) is 7.19. The molecular weight excluding hydrogens is 308 g/mol. The number of nitrogens with zero attached hydrogens (tertiary/aromatic N) is 1. The summed E-state index contributed by atoms with van der Waals surface area (Å²) in [4.78, 5) is 23.3. The Labute approximate surface area is 130 Å². The molecule has 1 aromatic heterocycles. The number of hydrogen-bond acceptors (Lipinski definition) is 4. The van der Waals surface area contributed by atoms with Crippen LogP contribution in [0.25, 0.3) is 10.9 Å². The SMILES string of the molecule is CNCCNc1cc2c(cc1F)c(=O)c(C(=O)O)cn2CCF. The summed E-state index contributed by atoms with van der Waals surface area (Å²) in [5.41, 5.74) is -0.849. The Kier molecular flexibility index (Phi) is 5.28. The minimum absolute atomic E-state index is 0.0879. The lowest BCUT2D eigenvalue weighted by Gasteiger charge is -2.14. The van der Waals surface area contributed by atoms with Crippen LogP contribution in [0.4, 0.5) is 14.5 Å². The average molecular weight is 325 g/mol. The molecule has 0 radical (unpaired) electrons. The number of aryl methyl sites for hydroxylation is 1. The van der Waals surface area contributed by atoms with Crippen LogP contribution < -0.4 is 16.1 Å². The van der Waals surface area contributed by atoms with Crippen LogP contribution in [-0.4, -0.2) is 42.5 Å². The van der Waals surface area contributed by atoms with Gasteiger partial charge in [-0.3, -0.25) is 4.79 Å². The quantitative estimate of drug-likeness (QED) is 0.671. The fraction of sp³-hybridized carbons (Fsp3) is 0.333. The van der Waals surface area contributed by atoms with Gasteiger partial charge in [0.25, 0.3) is 0 Å². The summed E-state index contributed by atoms with van der Waals surface area (Å²) in [5, 5.41) is 14.7. The highest BCUT2D eigenvalue weighted by Gasteiger charge is 2.16. The standard InChI is InChI=1S/C15H17F2N3O3/c1-18-3-4-19-12-7-13-9(6-11(12)17)14(21)10(15(22)23)8-20(13)5-2-16/h6-8,18-19H,2-5H2,1H3,(H,22,23).